The first-order valence-electron chi connectivity index (χ1n) is 7.75. The van der Waals surface area contributed by atoms with Crippen molar-refractivity contribution >= 4 is 36.4 Å². The second-order valence-corrected chi connectivity index (χ2v) is 5.47. The van der Waals surface area contributed by atoms with Crippen LogP contribution in [0.25, 0.3) is 0 Å². The Kier molecular flexibility index (Phi) is 11.2. The highest BCUT2D eigenvalue weighted by molar-refractivity contribution is 5.93. The predicted octanol–water partition coefficient (Wildman–Crippen LogP) is 1.61. The zero-order valence-electron chi connectivity index (χ0n) is 13.7. The number of hydrogen-bond donors (Lipinski definition) is 2. The van der Waals surface area contributed by atoms with Crippen molar-refractivity contribution in [2.45, 2.75) is 13.3 Å². The highest BCUT2D eigenvalue weighted by Gasteiger charge is 2.18. The topological polar surface area (TPSA) is 61.6 Å². The number of anilines is 1. The van der Waals surface area contributed by atoms with Gasteiger partial charge in [-0.05, 0) is 18.1 Å². The molecule has 1 saturated heterocycles. The fourth-order valence-electron chi connectivity index (χ4n) is 2.70. The van der Waals surface area contributed by atoms with E-state index in [0.29, 0.717) is 13.1 Å². The molecular formula is C16H28Cl2N4O. The summed E-state index contributed by atoms with van der Waals surface area (Å²) in [6.07, 6.45) is 0.925. The molecule has 0 radical (unpaired) electrons. The second-order valence-electron chi connectivity index (χ2n) is 5.47. The normalized spacial score (nSPS) is 15.4. The molecule has 7 heteroatoms. The minimum absolute atomic E-state index is 0. The molecule has 1 heterocycles. The predicted molar refractivity (Wildman–Crippen MR) is 101 cm³/mol. The molecule has 0 unspecified atom stereocenters. The van der Waals surface area contributed by atoms with Crippen molar-refractivity contribution in [3.63, 3.8) is 0 Å². The number of para-hydroxylation sites is 1. The molecule has 0 spiro atoms. The molecule has 0 atom stereocenters. The molecule has 1 aromatic rings. The van der Waals surface area contributed by atoms with E-state index >= 15 is 0 Å². The molecule has 3 N–H and O–H groups in total. The molecule has 1 aliphatic heterocycles. The standard InChI is InChI=1S/C16H26N4O.2ClH/c1-2-14-5-3-4-6-15(14)18-16(21)13-20-11-9-19(8-7-17)10-12-20;;/h3-6H,2,7-13,17H2,1H3,(H,18,21);2*1H. The van der Waals surface area contributed by atoms with E-state index in [1.54, 1.807) is 0 Å². The Hall–Kier alpha value is -0.850. The lowest BCUT2D eigenvalue weighted by Crippen LogP contribution is -2.49. The van der Waals surface area contributed by atoms with Gasteiger partial charge in [0.2, 0.25) is 5.91 Å². The van der Waals surface area contributed by atoms with E-state index in [2.05, 4.69) is 28.1 Å². The number of amides is 1. The summed E-state index contributed by atoms with van der Waals surface area (Å²) >= 11 is 0. The fourth-order valence-corrected chi connectivity index (χ4v) is 2.70. The van der Waals surface area contributed by atoms with Crippen LogP contribution in [0.4, 0.5) is 5.69 Å². The van der Waals surface area contributed by atoms with Crippen LogP contribution in [0.15, 0.2) is 24.3 Å². The first-order valence-corrected chi connectivity index (χ1v) is 7.75. The molecule has 23 heavy (non-hydrogen) atoms. The van der Waals surface area contributed by atoms with E-state index in [1.807, 2.05) is 18.2 Å². The molecule has 5 nitrogen and oxygen atoms in total. The van der Waals surface area contributed by atoms with Gasteiger partial charge in [0.15, 0.2) is 0 Å². The third-order valence-electron chi connectivity index (χ3n) is 3.95. The van der Waals surface area contributed by atoms with Crippen molar-refractivity contribution < 1.29 is 4.79 Å². The first kappa shape index (κ1) is 22.1. The quantitative estimate of drug-likeness (QED) is 0.806. The summed E-state index contributed by atoms with van der Waals surface area (Å²) in [5.41, 5.74) is 7.68. The summed E-state index contributed by atoms with van der Waals surface area (Å²) in [5, 5.41) is 3.03. The summed E-state index contributed by atoms with van der Waals surface area (Å²) in [7, 11) is 0. The van der Waals surface area contributed by atoms with Crippen molar-refractivity contribution in [2.75, 3.05) is 51.1 Å². The van der Waals surface area contributed by atoms with Crippen molar-refractivity contribution in [1.29, 1.82) is 0 Å². The molecule has 132 valence electrons. The van der Waals surface area contributed by atoms with E-state index in [1.165, 1.54) is 5.56 Å². The number of nitrogens with one attached hydrogen (secondary N) is 1. The van der Waals surface area contributed by atoms with Gasteiger partial charge in [0.05, 0.1) is 6.54 Å². The number of aryl methyl sites for hydroxylation is 1. The van der Waals surface area contributed by atoms with E-state index < -0.39 is 0 Å². The molecular weight excluding hydrogens is 335 g/mol. The summed E-state index contributed by atoms with van der Waals surface area (Å²) < 4.78 is 0. The van der Waals surface area contributed by atoms with Crippen LogP contribution >= 0.6 is 24.8 Å². The number of carbonyl (C=O) groups excluding carboxylic acids is 1. The van der Waals surface area contributed by atoms with Crippen LogP contribution in [0, 0.1) is 0 Å². The second kappa shape index (κ2) is 11.6. The molecule has 0 aromatic heterocycles. The number of piperazine rings is 1. The molecule has 0 aliphatic carbocycles. The molecule has 2 rings (SSSR count). The van der Waals surface area contributed by atoms with Gasteiger partial charge in [-0.15, -0.1) is 24.8 Å². The number of halogens is 2. The number of nitrogens with two attached hydrogens (primary N) is 1. The Balaban J connectivity index is 0.00000242. The maximum atomic E-state index is 12.2. The van der Waals surface area contributed by atoms with Crippen LogP contribution in [0.5, 0.6) is 0 Å². The molecule has 1 fully saturated rings. The molecule has 1 aromatic carbocycles. The Bertz CT molecular complexity index is 465. The minimum Gasteiger partial charge on any atom is -0.329 e. The Morgan fingerprint density at radius 2 is 1.74 bits per heavy atom. The van der Waals surface area contributed by atoms with Crippen LogP contribution in [0.3, 0.4) is 0 Å². The van der Waals surface area contributed by atoms with Gasteiger partial charge >= 0.3 is 0 Å². The zero-order chi connectivity index (χ0) is 15.1. The largest absolute Gasteiger partial charge is 0.329 e. The van der Waals surface area contributed by atoms with Crippen molar-refractivity contribution in [3.8, 4) is 0 Å². The van der Waals surface area contributed by atoms with Gasteiger partial charge in [-0.25, -0.2) is 0 Å². The Morgan fingerprint density at radius 1 is 1.13 bits per heavy atom. The van der Waals surface area contributed by atoms with Gasteiger partial charge in [0, 0.05) is 45.0 Å². The number of benzene rings is 1. The Labute approximate surface area is 151 Å². The van der Waals surface area contributed by atoms with E-state index in [4.69, 9.17) is 5.73 Å². The molecule has 0 saturated carbocycles. The van der Waals surface area contributed by atoms with Crippen molar-refractivity contribution in [1.82, 2.24) is 9.80 Å². The Morgan fingerprint density at radius 3 is 2.35 bits per heavy atom. The van der Waals surface area contributed by atoms with Crippen LogP contribution < -0.4 is 11.1 Å². The molecule has 1 aliphatic rings. The SMILES string of the molecule is CCc1ccccc1NC(=O)CN1CCN(CCN)CC1.Cl.Cl. The van der Waals surface area contributed by atoms with Gasteiger partial charge in [0.25, 0.3) is 0 Å². The maximum absolute atomic E-state index is 12.2. The highest BCUT2D eigenvalue weighted by atomic mass is 35.5. The van der Waals surface area contributed by atoms with Gasteiger partial charge in [0.1, 0.15) is 0 Å². The van der Waals surface area contributed by atoms with Crippen molar-refractivity contribution in [3.05, 3.63) is 29.8 Å². The van der Waals surface area contributed by atoms with Gasteiger partial charge in [-0.2, -0.15) is 0 Å². The summed E-state index contributed by atoms with van der Waals surface area (Å²) in [4.78, 5) is 16.7. The minimum atomic E-state index is 0. The van der Waals surface area contributed by atoms with Crippen molar-refractivity contribution in [2.24, 2.45) is 5.73 Å². The van der Waals surface area contributed by atoms with E-state index in [-0.39, 0.29) is 30.7 Å². The maximum Gasteiger partial charge on any atom is 0.238 e. The monoisotopic (exact) mass is 362 g/mol. The number of rotatable bonds is 6. The average molecular weight is 363 g/mol. The van der Waals surface area contributed by atoms with Gasteiger partial charge < -0.3 is 11.1 Å². The molecule has 1 amide bonds. The third-order valence-corrected chi connectivity index (χ3v) is 3.95. The highest BCUT2D eigenvalue weighted by Crippen LogP contribution is 2.15. The lowest BCUT2D eigenvalue weighted by atomic mass is 10.1. The lowest BCUT2D eigenvalue weighted by molar-refractivity contribution is -0.117. The first-order chi connectivity index (χ1) is 10.2. The number of carbonyl (C=O) groups is 1. The summed E-state index contributed by atoms with van der Waals surface area (Å²) in [5.74, 6) is 0.0724. The fraction of sp³-hybridized carbons (Fsp3) is 0.562. The molecule has 0 bridgehead atoms. The summed E-state index contributed by atoms with van der Waals surface area (Å²) in [6.45, 7) is 8.08. The van der Waals surface area contributed by atoms with E-state index in [9.17, 15) is 4.79 Å². The average Bonchev–Trinajstić information content (AvgIpc) is 2.50. The van der Waals surface area contributed by atoms with Gasteiger partial charge in [-0.3, -0.25) is 14.6 Å². The van der Waals surface area contributed by atoms with E-state index in [0.717, 1.165) is 44.8 Å². The van der Waals surface area contributed by atoms with Gasteiger partial charge in [-0.1, -0.05) is 25.1 Å². The summed E-state index contributed by atoms with van der Waals surface area (Å²) in [6, 6.07) is 7.99. The lowest BCUT2D eigenvalue weighted by Gasteiger charge is -2.34. The number of hydrogen-bond acceptors (Lipinski definition) is 4. The van der Waals surface area contributed by atoms with Crippen LogP contribution in [0.2, 0.25) is 0 Å². The zero-order valence-corrected chi connectivity index (χ0v) is 15.3. The smallest absolute Gasteiger partial charge is 0.238 e. The van der Waals surface area contributed by atoms with Crippen LogP contribution in [-0.4, -0.2) is 61.5 Å². The van der Waals surface area contributed by atoms with Crippen LogP contribution in [-0.2, 0) is 11.2 Å². The third kappa shape index (κ3) is 7.06. The van der Waals surface area contributed by atoms with Crippen LogP contribution in [0.1, 0.15) is 12.5 Å². The number of nitrogens with zero attached hydrogens (tertiary/aromatic N) is 2.